The SMILES string of the molecule is CNC(=O)C(CC(=O)NC1CC(C)(C)NC(C)(C)C1)N1C(=O)CC(NC(=O)CCC(=O)N(C)CC(O)C(O)C(O)C(O)CO)C1=O. The number of piperidine rings is 1. The van der Waals surface area contributed by atoms with E-state index in [-0.39, 0.29) is 23.5 Å². The van der Waals surface area contributed by atoms with E-state index in [4.69, 9.17) is 5.11 Å². The Kier molecular flexibility index (Phi) is 13.6. The minimum atomic E-state index is -1.87. The summed E-state index contributed by atoms with van der Waals surface area (Å²) in [5.41, 5.74) is -0.519. The number of aliphatic hydroxyl groups is 5. The molecule has 0 spiro atoms. The Balaban J connectivity index is 1.96. The van der Waals surface area contributed by atoms with E-state index in [1.54, 1.807) is 0 Å². The number of hydrogen-bond donors (Lipinski definition) is 9. The van der Waals surface area contributed by atoms with Gasteiger partial charge in [0.05, 0.1) is 19.4 Å². The van der Waals surface area contributed by atoms with Gasteiger partial charge in [0.1, 0.15) is 36.5 Å². The number of rotatable bonds is 15. The minimum Gasteiger partial charge on any atom is -0.394 e. The summed E-state index contributed by atoms with van der Waals surface area (Å²) in [6.45, 7) is 6.73. The molecule has 6 amide bonds. The van der Waals surface area contributed by atoms with Crippen LogP contribution in [0.15, 0.2) is 0 Å². The number of aliphatic hydroxyl groups excluding tert-OH is 5. The molecule has 17 heteroatoms. The number of hydrogen-bond acceptors (Lipinski definition) is 12. The molecule has 0 aromatic carbocycles. The van der Waals surface area contributed by atoms with E-state index in [1.807, 2.05) is 27.7 Å². The molecule has 0 aromatic rings. The van der Waals surface area contributed by atoms with Crippen molar-refractivity contribution in [3.8, 4) is 0 Å². The van der Waals surface area contributed by atoms with Crippen LogP contribution < -0.4 is 21.3 Å². The highest BCUT2D eigenvalue weighted by Crippen LogP contribution is 2.29. The van der Waals surface area contributed by atoms with E-state index in [0.717, 1.165) is 4.90 Å². The summed E-state index contributed by atoms with van der Waals surface area (Å²) in [5, 5.41) is 59.2. The number of carbonyl (C=O) groups is 6. The molecular weight excluding hydrogens is 608 g/mol. The van der Waals surface area contributed by atoms with Gasteiger partial charge in [0.2, 0.25) is 29.5 Å². The predicted molar refractivity (Wildman–Crippen MR) is 161 cm³/mol. The lowest BCUT2D eigenvalue weighted by Gasteiger charge is -2.46. The van der Waals surface area contributed by atoms with E-state index in [1.165, 1.54) is 14.1 Å². The highest BCUT2D eigenvalue weighted by Gasteiger charge is 2.46. The summed E-state index contributed by atoms with van der Waals surface area (Å²) < 4.78 is 0. The molecule has 6 unspecified atom stereocenters. The largest absolute Gasteiger partial charge is 0.394 e. The number of nitrogens with zero attached hydrogens (tertiary/aromatic N) is 2. The van der Waals surface area contributed by atoms with Crippen LogP contribution in [0.4, 0.5) is 0 Å². The zero-order chi connectivity index (χ0) is 35.1. The maximum Gasteiger partial charge on any atom is 0.253 e. The van der Waals surface area contributed by atoms with E-state index >= 15 is 0 Å². The van der Waals surface area contributed by atoms with Crippen molar-refractivity contribution in [2.45, 2.75) is 120 Å². The van der Waals surface area contributed by atoms with Crippen LogP contribution in [-0.4, -0.2) is 152 Å². The zero-order valence-corrected chi connectivity index (χ0v) is 27.3. The highest BCUT2D eigenvalue weighted by atomic mass is 16.4. The molecule has 2 heterocycles. The van der Waals surface area contributed by atoms with Gasteiger partial charge in [-0.1, -0.05) is 0 Å². The Bertz CT molecular complexity index is 1130. The molecule has 262 valence electrons. The lowest BCUT2D eigenvalue weighted by atomic mass is 9.79. The van der Waals surface area contributed by atoms with Crippen molar-refractivity contribution >= 4 is 35.4 Å². The summed E-state index contributed by atoms with van der Waals surface area (Å²) >= 11 is 0. The molecule has 0 radical (unpaired) electrons. The smallest absolute Gasteiger partial charge is 0.253 e. The van der Waals surface area contributed by atoms with Crippen LogP contribution in [-0.2, 0) is 28.8 Å². The van der Waals surface area contributed by atoms with Gasteiger partial charge >= 0.3 is 0 Å². The fourth-order valence-electron chi connectivity index (χ4n) is 6.18. The number of carbonyl (C=O) groups excluding carboxylic acids is 6. The molecule has 0 bridgehead atoms. The first-order chi connectivity index (χ1) is 21.2. The summed E-state index contributed by atoms with van der Waals surface area (Å²) in [7, 11) is 2.58. The first-order valence-electron chi connectivity index (χ1n) is 15.2. The van der Waals surface area contributed by atoms with Gasteiger partial charge in [-0.25, -0.2) is 0 Å². The zero-order valence-electron chi connectivity index (χ0n) is 27.3. The summed E-state index contributed by atoms with van der Waals surface area (Å²) in [5.74, 6) is -4.25. The maximum atomic E-state index is 13.2. The second kappa shape index (κ2) is 16.1. The molecule has 2 aliphatic rings. The standard InChI is InChI=1S/C29H50N6O11/c1-28(2)11-15(12-29(3,4)33-28)31-21(40)10-17(26(45)30-5)35-23(42)9-16(27(35)46)32-20(39)7-8-22(41)34(6)13-18(37)24(43)25(44)19(38)14-36/h15-19,24-25,33,36-38,43-44H,7-14H2,1-6H3,(H,30,45)(H,31,40)(H,32,39). The molecule has 2 aliphatic heterocycles. The summed E-state index contributed by atoms with van der Waals surface area (Å²) in [4.78, 5) is 78.6. The second-order valence-corrected chi connectivity index (χ2v) is 13.4. The molecule has 2 rings (SSSR count). The van der Waals surface area contributed by atoms with Crippen LogP contribution in [0.2, 0.25) is 0 Å². The lowest BCUT2D eigenvalue weighted by molar-refractivity contribution is -0.148. The van der Waals surface area contributed by atoms with Crippen LogP contribution in [0, 0.1) is 0 Å². The molecule has 2 saturated heterocycles. The van der Waals surface area contributed by atoms with Gasteiger partial charge in [-0.05, 0) is 40.5 Å². The van der Waals surface area contributed by atoms with Crippen LogP contribution in [0.3, 0.4) is 0 Å². The van der Waals surface area contributed by atoms with E-state index in [9.17, 15) is 49.2 Å². The summed E-state index contributed by atoms with van der Waals surface area (Å²) in [6, 6.07) is -2.96. The van der Waals surface area contributed by atoms with Gasteiger partial charge < -0.3 is 51.7 Å². The first-order valence-corrected chi connectivity index (χ1v) is 15.2. The van der Waals surface area contributed by atoms with Gasteiger partial charge in [-0.3, -0.25) is 33.7 Å². The van der Waals surface area contributed by atoms with Gasteiger partial charge in [0, 0.05) is 50.6 Å². The molecule has 6 atom stereocenters. The van der Waals surface area contributed by atoms with E-state index in [0.29, 0.717) is 17.7 Å². The Morgan fingerprint density at radius 3 is 2.04 bits per heavy atom. The molecule has 46 heavy (non-hydrogen) atoms. The number of likely N-dealkylation sites (tertiary alicyclic amines) is 1. The van der Waals surface area contributed by atoms with Crippen LogP contribution in [0.5, 0.6) is 0 Å². The minimum absolute atomic E-state index is 0.207. The Morgan fingerprint density at radius 2 is 1.50 bits per heavy atom. The molecular formula is C29H50N6O11. The molecule has 2 fully saturated rings. The fraction of sp³-hybridized carbons (Fsp3) is 0.793. The molecule has 0 aliphatic carbocycles. The highest BCUT2D eigenvalue weighted by molar-refractivity contribution is 6.10. The quantitative estimate of drug-likeness (QED) is 0.0760. The third-order valence-electron chi connectivity index (χ3n) is 8.09. The summed E-state index contributed by atoms with van der Waals surface area (Å²) in [6.07, 6.45) is -7.58. The van der Waals surface area contributed by atoms with Gasteiger partial charge in [-0.2, -0.15) is 0 Å². The molecule has 0 saturated carbocycles. The van der Waals surface area contributed by atoms with Crippen molar-refractivity contribution in [3.63, 3.8) is 0 Å². The van der Waals surface area contributed by atoms with Gasteiger partial charge in [0.15, 0.2) is 0 Å². The van der Waals surface area contributed by atoms with Gasteiger partial charge in [-0.15, -0.1) is 0 Å². The van der Waals surface area contributed by atoms with Crippen molar-refractivity contribution < 1.29 is 54.3 Å². The molecule has 9 N–H and O–H groups in total. The third kappa shape index (κ3) is 10.7. The fourth-order valence-corrected chi connectivity index (χ4v) is 6.18. The van der Waals surface area contributed by atoms with Crippen molar-refractivity contribution in [3.05, 3.63) is 0 Å². The topological polar surface area (TPSA) is 258 Å². The third-order valence-corrected chi connectivity index (χ3v) is 8.09. The second-order valence-electron chi connectivity index (χ2n) is 13.4. The molecule has 17 nitrogen and oxygen atoms in total. The Hall–Kier alpha value is -3.22. The number of nitrogens with one attached hydrogen (secondary N) is 4. The molecule has 0 aromatic heterocycles. The Morgan fingerprint density at radius 1 is 0.935 bits per heavy atom. The normalized spacial score (nSPS) is 22.8. The Labute approximate surface area is 268 Å². The van der Waals surface area contributed by atoms with Gasteiger partial charge in [0.25, 0.3) is 5.91 Å². The van der Waals surface area contributed by atoms with E-state index < -0.39 is 104 Å². The average molecular weight is 659 g/mol. The number of imide groups is 1. The van der Waals surface area contributed by atoms with Crippen molar-refractivity contribution in [1.29, 1.82) is 0 Å². The lowest BCUT2D eigenvalue weighted by Crippen LogP contribution is -2.62. The monoisotopic (exact) mass is 658 g/mol. The van der Waals surface area contributed by atoms with Crippen LogP contribution in [0.25, 0.3) is 0 Å². The van der Waals surface area contributed by atoms with E-state index in [2.05, 4.69) is 21.3 Å². The van der Waals surface area contributed by atoms with Crippen molar-refractivity contribution in [2.75, 3.05) is 27.2 Å². The van der Waals surface area contributed by atoms with Crippen LogP contribution in [0.1, 0.15) is 66.2 Å². The van der Waals surface area contributed by atoms with Crippen LogP contribution >= 0.6 is 0 Å². The van der Waals surface area contributed by atoms with Crippen molar-refractivity contribution in [2.24, 2.45) is 0 Å². The maximum absolute atomic E-state index is 13.2. The average Bonchev–Trinajstić information content (AvgIpc) is 3.22. The number of likely N-dealkylation sites (N-methyl/N-ethyl adjacent to an activating group) is 2. The first kappa shape index (κ1) is 39.0. The van der Waals surface area contributed by atoms with Crippen molar-refractivity contribution in [1.82, 2.24) is 31.1 Å². The predicted octanol–water partition coefficient (Wildman–Crippen LogP) is -4.17. The number of amides is 6.